The second-order valence-corrected chi connectivity index (χ2v) is 12.0. The fourth-order valence-corrected chi connectivity index (χ4v) is 5.64. The Hall–Kier alpha value is -7.00. The number of rotatable bonds is 12. The van der Waals surface area contributed by atoms with Crippen LogP contribution < -0.4 is 26.1 Å². The first-order valence-electron chi connectivity index (χ1n) is 16.9. The van der Waals surface area contributed by atoms with E-state index in [9.17, 15) is 24.6 Å². The lowest BCUT2D eigenvalue weighted by Gasteiger charge is -2.14. The van der Waals surface area contributed by atoms with E-state index >= 15 is 0 Å². The van der Waals surface area contributed by atoms with Crippen molar-refractivity contribution in [3.8, 4) is 11.5 Å². The Kier molecular flexibility index (Phi) is 12.1. The summed E-state index contributed by atoms with van der Waals surface area (Å²) >= 11 is 6.02. The molecule has 0 aliphatic heterocycles. The van der Waals surface area contributed by atoms with Crippen molar-refractivity contribution in [3.05, 3.63) is 158 Å². The quantitative estimate of drug-likeness (QED) is 0.114. The average molecular weight is 764 g/mol. The monoisotopic (exact) mass is 763 g/mol. The van der Waals surface area contributed by atoms with Crippen LogP contribution in [-0.4, -0.2) is 58.7 Å². The molecule has 7 aromatic rings. The number of hydrogen-bond acceptors (Lipinski definition) is 13. The highest BCUT2D eigenvalue weighted by Crippen LogP contribution is 2.30. The minimum Gasteiger partial charge on any atom is -0.507 e. The van der Waals surface area contributed by atoms with E-state index in [4.69, 9.17) is 26.0 Å². The third-order valence-electron chi connectivity index (χ3n) is 8.02. The van der Waals surface area contributed by atoms with Gasteiger partial charge in [-0.1, -0.05) is 103 Å². The molecule has 4 heterocycles. The van der Waals surface area contributed by atoms with E-state index < -0.39 is 28.4 Å². The van der Waals surface area contributed by atoms with E-state index in [2.05, 4.69) is 25.3 Å². The number of pyridine rings is 2. The molecule has 16 heteroatoms. The lowest BCUT2D eigenvalue weighted by atomic mass is 10.1. The second kappa shape index (κ2) is 17.7. The molecule has 0 saturated heterocycles. The minimum atomic E-state index is -0.992. The predicted molar refractivity (Wildman–Crippen MR) is 204 cm³/mol. The van der Waals surface area contributed by atoms with Gasteiger partial charge in [0.25, 0.3) is 5.56 Å². The molecule has 15 nitrogen and oxygen atoms in total. The third-order valence-corrected chi connectivity index (χ3v) is 8.30. The molecule has 0 amide bonds. The minimum absolute atomic E-state index is 0.0274. The Balaban J connectivity index is 0.000000188. The van der Waals surface area contributed by atoms with Gasteiger partial charge in [-0.3, -0.25) is 9.59 Å². The lowest BCUT2D eigenvalue weighted by molar-refractivity contribution is 0.0507. The fourth-order valence-electron chi connectivity index (χ4n) is 5.42. The van der Waals surface area contributed by atoms with Crippen LogP contribution in [0.4, 0.5) is 5.82 Å². The maximum Gasteiger partial charge on any atom is 0.347 e. The summed E-state index contributed by atoms with van der Waals surface area (Å²) in [6.07, 6.45) is 3.25. The number of carbonyl (C=O) groups is 1. The van der Waals surface area contributed by atoms with Gasteiger partial charge in [0.2, 0.25) is 0 Å². The number of ether oxygens (including phenoxy) is 1. The number of fused-ring (bicyclic) bond motifs is 2. The summed E-state index contributed by atoms with van der Waals surface area (Å²) in [6, 6.07) is 29.8. The summed E-state index contributed by atoms with van der Waals surface area (Å²) in [5.74, 6) is -1.38. The number of nitrogens with one attached hydrogen (secondary N) is 1. The smallest absolute Gasteiger partial charge is 0.347 e. The first-order valence-corrected chi connectivity index (χ1v) is 17.3. The maximum absolute atomic E-state index is 12.7. The van der Waals surface area contributed by atoms with Gasteiger partial charge in [0.15, 0.2) is 16.9 Å². The van der Waals surface area contributed by atoms with Crippen molar-refractivity contribution in [3.63, 3.8) is 0 Å². The molecule has 0 radical (unpaired) electrons. The number of nitrogens with zero attached hydrogens (tertiary/aromatic N) is 6. The van der Waals surface area contributed by atoms with Gasteiger partial charge in [-0.2, -0.15) is 0 Å². The number of anilines is 1. The first-order chi connectivity index (χ1) is 26.8. The summed E-state index contributed by atoms with van der Waals surface area (Å²) in [4.78, 5) is 64.6. The van der Waals surface area contributed by atoms with Gasteiger partial charge in [-0.05, 0) is 30.0 Å². The molecule has 0 saturated carbocycles. The molecule has 0 aliphatic carbocycles. The molecule has 0 aliphatic rings. The van der Waals surface area contributed by atoms with Crippen LogP contribution in [-0.2, 0) is 24.4 Å². The maximum atomic E-state index is 12.7. The van der Waals surface area contributed by atoms with Gasteiger partial charge in [-0.15, -0.1) is 9.46 Å². The van der Waals surface area contributed by atoms with Crippen LogP contribution in [0.25, 0.3) is 22.1 Å². The van der Waals surface area contributed by atoms with Gasteiger partial charge in [-0.25, -0.2) is 24.7 Å². The Morgan fingerprint density at radius 2 is 1.29 bits per heavy atom. The van der Waals surface area contributed by atoms with Crippen molar-refractivity contribution in [1.29, 1.82) is 0 Å². The van der Waals surface area contributed by atoms with Gasteiger partial charge in [0, 0.05) is 12.6 Å². The van der Waals surface area contributed by atoms with Crippen molar-refractivity contribution in [2.45, 2.75) is 26.6 Å². The summed E-state index contributed by atoms with van der Waals surface area (Å²) in [6.45, 7) is 2.45. The zero-order valence-electron chi connectivity index (χ0n) is 29.3. The van der Waals surface area contributed by atoms with Gasteiger partial charge >= 0.3 is 11.5 Å². The summed E-state index contributed by atoms with van der Waals surface area (Å²) in [5.41, 5.74) is 1.04. The van der Waals surface area contributed by atoms with E-state index in [-0.39, 0.29) is 47.4 Å². The molecule has 0 spiro atoms. The van der Waals surface area contributed by atoms with Crippen LogP contribution in [0.5, 0.6) is 11.5 Å². The van der Waals surface area contributed by atoms with Crippen LogP contribution in [0.15, 0.2) is 119 Å². The van der Waals surface area contributed by atoms with Crippen LogP contribution in [0.2, 0.25) is 5.15 Å². The topological polar surface area (TPSA) is 193 Å². The Morgan fingerprint density at radius 3 is 1.89 bits per heavy atom. The molecule has 4 aromatic heterocycles. The highest BCUT2D eigenvalue weighted by atomic mass is 35.5. The van der Waals surface area contributed by atoms with Gasteiger partial charge < -0.3 is 29.9 Å². The molecule has 3 aromatic carbocycles. The molecule has 3 N–H and O–H groups in total. The van der Waals surface area contributed by atoms with E-state index in [1.807, 2.05) is 91.0 Å². The van der Waals surface area contributed by atoms with E-state index in [0.29, 0.717) is 17.7 Å². The Bertz CT molecular complexity index is 2540. The van der Waals surface area contributed by atoms with Crippen LogP contribution >= 0.6 is 11.6 Å². The first kappa shape index (κ1) is 37.7. The average Bonchev–Trinajstić information content (AvgIpc) is 3.19. The molecule has 55 heavy (non-hydrogen) atoms. The van der Waals surface area contributed by atoms with Crippen LogP contribution in [0.3, 0.4) is 0 Å². The normalized spacial score (nSPS) is 10.7. The number of benzene rings is 3. The van der Waals surface area contributed by atoms with Crippen molar-refractivity contribution in [2.24, 2.45) is 0 Å². The third kappa shape index (κ3) is 8.80. The summed E-state index contributed by atoms with van der Waals surface area (Å²) in [7, 11) is 0. The van der Waals surface area contributed by atoms with E-state index in [1.165, 1.54) is 11.9 Å². The van der Waals surface area contributed by atoms with Crippen LogP contribution in [0, 0.1) is 0 Å². The number of carbonyl (C=O) groups excluding carboxylic acids is 1. The largest absolute Gasteiger partial charge is 0.507 e. The van der Waals surface area contributed by atoms with Crippen molar-refractivity contribution in [1.82, 2.24) is 29.4 Å². The van der Waals surface area contributed by atoms with Crippen LogP contribution in [0.1, 0.15) is 34.0 Å². The Morgan fingerprint density at radius 1 is 0.745 bits per heavy atom. The van der Waals surface area contributed by atoms with E-state index in [1.54, 1.807) is 6.92 Å². The number of halogens is 1. The molecule has 0 fully saturated rings. The predicted octanol–water partition coefficient (Wildman–Crippen LogP) is 4.74. The molecule has 7 rings (SSSR count). The van der Waals surface area contributed by atoms with Gasteiger partial charge in [0.05, 0.1) is 6.61 Å². The number of aromatic hydroxyl groups is 2. The number of aromatic nitrogens is 6. The molecule has 0 bridgehead atoms. The standard InChI is InChI=1S/C22H20N4O3.C17H14ClN3O5/c27-18-13-19(28)26(29-14-17-9-5-2-6-10-17)22-20(18)21(24-15-25-22)23-12-11-16-7-3-1-4-8-16;1-2-25-17(24)12-13(22)11-14(18)19-9-20-15(11)21(16(12)23)26-8-10-6-4-3-5-7-10/h1-10,13,15,27H,11-12,14H2,(H,23,24,25);3-7,9,22H,2,8H2,1H3. The molecule has 0 atom stereocenters. The lowest BCUT2D eigenvalue weighted by Crippen LogP contribution is -2.33. The molecule has 280 valence electrons. The number of hydrogen-bond donors (Lipinski definition) is 3. The zero-order valence-corrected chi connectivity index (χ0v) is 30.1. The van der Waals surface area contributed by atoms with Gasteiger partial charge in [0.1, 0.15) is 59.1 Å². The highest BCUT2D eigenvalue weighted by molar-refractivity contribution is 6.34. The summed E-state index contributed by atoms with van der Waals surface area (Å²) in [5, 5.41) is 24.1. The second-order valence-electron chi connectivity index (χ2n) is 11.7. The van der Waals surface area contributed by atoms with E-state index in [0.717, 1.165) is 39.4 Å². The zero-order chi connectivity index (χ0) is 38.7. The summed E-state index contributed by atoms with van der Waals surface area (Å²) < 4.78 is 6.74. The SMILES string of the molecule is CCOC(=O)c1c(O)c2c(Cl)ncnc2n(OCc2ccccc2)c1=O.O=c1cc(O)c2c(NCCc3ccccc3)ncnc2n1OCc1ccccc1. The van der Waals surface area contributed by atoms with Crippen molar-refractivity contribution >= 4 is 45.5 Å². The Labute approximate surface area is 317 Å². The molecule has 0 unspecified atom stereocenters. The fraction of sp³-hybridized carbons (Fsp3) is 0.154. The number of esters is 1. The van der Waals surface area contributed by atoms with Crippen molar-refractivity contribution in [2.75, 3.05) is 18.5 Å². The molecular formula is C39H34ClN7O8. The molecular weight excluding hydrogens is 730 g/mol. The van der Waals surface area contributed by atoms with Crippen molar-refractivity contribution < 1.29 is 29.4 Å². The highest BCUT2D eigenvalue weighted by Gasteiger charge is 2.27.